The number of nitrogens with zero attached hydrogens (tertiary/aromatic N) is 2. The summed E-state index contributed by atoms with van der Waals surface area (Å²) >= 11 is 0. The van der Waals surface area contributed by atoms with Gasteiger partial charge in [-0.25, -0.2) is 5.48 Å². The largest absolute Gasteiger partial charge is 0.371 e. The highest BCUT2D eigenvalue weighted by molar-refractivity contribution is 5.94. The van der Waals surface area contributed by atoms with Gasteiger partial charge in [-0.2, -0.15) is 0 Å². The molecule has 1 aliphatic rings. The van der Waals surface area contributed by atoms with Crippen molar-refractivity contribution in [2.45, 2.75) is 18.9 Å². The molecule has 1 aromatic heterocycles. The maximum absolute atomic E-state index is 12.3. The van der Waals surface area contributed by atoms with E-state index in [1.807, 2.05) is 24.3 Å². The number of carbonyl (C=O) groups excluding carboxylic acids is 2. The lowest BCUT2D eigenvalue weighted by Gasteiger charge is -2.34. The fourth-order valence-electron chi connectivity index (χ4n) is 3.15. The summed E-state index contributed by atoms with van der Waals surface area (Å²) in [4.78, 5) is 29.7. The lowest BCUT2D eigenvalue weighted by atomic mass is 10.0. The number of nitrogens with one attached hydrogen (secondary N) is 2. The van der Waals surface area contributed by atoms with Gasteiger partial charge in [0.15, 0.2) is 0 Å². The van der Waals surface area contributed by atoms with E-state index in [0.29, 0.717) is 5.56 Å². The number of para-hydroxylation sites is 1. The van der Waals surface area contributed by atoms with Crippen molar-refractivity contribution in [2.75, 3.05) is 18.0 Å². The summed E-state index contributed by atoms with van der Waals surface area (Å²) in [5, 5.41) is 11.7. The van der Waals surface area contributed by atoms with Crippen LogP contribution < -0.4 is 15.7 Å². The zero-order valence-electron chi connectivity index (χ0n) is 14.8. The molecule has 3 rings (SSSR count). The van der Waals surface area contributed by atoms with Crippen LogP contribution in [0.1, 0.15) is 28.8 Å². The summed E-state index contributed by atoms with van der Waals surface area (Å²) in [5.41, 5.74) is 4.08. The van der Waals surface area contributed by atoms with Gasteiger partial charge in [0.1, 0.15) is 0 Å². The molecule has 2 amide bonds. The van der Waals surface area contributed by atoms with Crippen molar-refractivity contribution >= 4 is 23.6 Å². The van der Waals surface area contributed by atoms with Crippen LogP contribution in [0.3, 0.4) is 0 Å². The van der Waals surface area contributed by atoms with Crippen LogP contribution in [0.2, 0.25) is 0 Å². The summed E-state index contributed by atoms with van der Waals surface area (Å²) in [6.45, 7) is 1.60. The zero-order valence-corrected chi connectivity index (χ0v) is 14.8. The number of benzene rings is 1. The summed E-state index contributed by atoms with van der Waals surface area (Å²) in [6.07, 6.45) is 7.85. The second-order valence-corrected chi connectivity index (χ2v) is 6.34. The van der Waals surface area contributed by atoms with Gasteiger partial charge in [-0.3, -0.25) is 19.8 Å². The molecule has 0 spiro atoms. The van der Waals surface area contributed by atoms with E-state index in [1.165, 1.54) is 6.08 Å². The normalized spacial score (nSPS) is 14.9. The highest BCUT2D eigenvalue weighted by atomic mass is 16.5. The molecule has 0 bridgehead atoms. The molecule has 0 radical (unpaired) electrons. The predicted molar refractivity (Wildman–Crippen MR) is 102 cm³/mol. The molecule has 140 valence electrons. The molecule has 0 aliphatic carbocycles. The Hall–Kier alpha value is -3.19. The van der Waals surface area contributed by atoms with Crippen LogP contribution in [0.5, 0.6) is 0 Å². The Bertz CT molecular complexity index is 815. The number of pyridine rings is 1. The second-order valence-electron chi connectivity index (χ2n) is 6.34. The van der Waals surface area contributed by atoms with Crippen LogP contribution in [0, 0.1) is 0 Å². The SMILES string of the molecule is O=C(C=Cc1ccccc1N1CCC(NC(=O)c2cccnc2)CC1)NO. The average molecular weight is 366 g/mol. The molecular weight excluding hydrogens is 344 g/mol. The van der Waals surface area contributed by atoms with E-state index in [4.69, 9.17) is 5.21 Å². The van der Waals surface area contributed by atoms with E-state index in [0.717, 1.165) is 37.2 Å². The summed E-state index contributed by atoms with van der Waals surface area (Å²) in [7, 11) is 0. The Morgan fingerprint density at radius 3 is 2.63 bits per heavy atom. The van der Waals surface area contributed by atoms with Crippen LogP contribution in [0.4, 0.5) is 5.69 Å². The number of hydrogen-bond donors (Lipinski definition) is 3. The molecule has 1 saturated heterocycles. The molecule has 1 fully saturated rings. The molecule has 27 heavy (non-hydrogen) atoms. The Kier molecular flexibility index (Phi) is 6.17. The fraction of sp³-hybridized carbons (Fsp3) is 0.250. The Morgan fingerprint density at radius 2 is 1.93 bits per heavy atom. The van der Waals surface area contributed by atoms with Gasteiger partial charge in [-0.05, 0) is 42.7 Å². The minimum Gasteiger partial charge on any atom is -0.371 e. The van der Waals surface area contributed by atoms with Crippen molar-refractivity contribution in [3.63, 3.8) is 0 Å². The highest BCUT2D eigenvalue weighted by Crippen LogP contribution is 2.25. The van der Waals surface area contributed by atoms with Gasteiger partial charge in [-0.1, -0.05) is 18.2 Å². The first-order valence-corrected chi connectivity index (χ1v) is 8.84. The molecule has 2 heterocycles. The number of piperidine rings is 1. The predicted octanol–water partition coefficient (Wildman–Crippen LogP) is 2.00. The van der Waals surface area contributed by atoms with Gasteiger partial charge in [0.25, 0.3) is 11.8 Å². The Labute approximate surface area is 157 Å². The minimum absolute atomic E-state index is 0.0973. The van der Waals surface area contributed by atoms with E-state index in [9.17, 15) is 9.59 Å². The highest BCUT2D eigenvalue weighted by Gasteiger charge is 2.22. The second kappa shape index (κ2) is 8.95. The van der Waals surface area contributed by atoms with Crippen molar-refractivity contribution < 1.29 is 14.8 Å². The van der Waals surface area contributed by atoms with Crippen molar-refractivity contribution in [1.29, 1.82) is 0 Å². The van der Waals surface area contributed by atoms with E-state index < -0.39 is 5.91 Å². The molecule has 7 nitrogen and oxygen atoms in total. The summed E-state index contributed by atoms with van der Waals surface area (Å²) < 4.78 is 0. The first kappa shape index (κ1) is 18.6. The first-order chi connectivity index (χ1) is 13.2. The Balaban J connectivity index is 1.60. The van der Waals surface area contributed by atoms with Gasteiger partial charge in [-0.15, -0.1) is 0 Å². The molecule has 7 heteroatoms. The van der Waals surface area contributed by atoms with Crippen LogP contribution in [-0.4, -0.2) is 41.1 Å². The van der Waals surface area contributed by atoms with E-state index >= 15 is 0 Å². The number of rotatable bonds is 5. The Morgan fingerprint density at radius 1 is 1.15 bits per heavy atom. The topological polar surface area (TPSA) is 94.6 Å². The van der Waals surface area contributed by atoms with Crippen LogP contribution >= 0.6 is 0 Å². The number of anilines is 1. The van der Waals surface area contributed by atoms with Crippen molar-refractivity contribution in [2.24, 2.45) is 0 Å². The lowest BCUT2D eigenvalue weighted by molar-refractivity contribution is -0.124. The van der Waals surface area contributed by atoms with Crippen LogP contribution in [0.25, 0.3) is 6.08 Å². The molecule has 1 aromatic carbocycles. The number of hydroxylamine groups is 1. The fourth-order valence-corrected chi connectivity index (χ4v) is 3.15. The van der Waals surface area contributed by atoms with Crippen LogP contribution in [-0.2, 0) is 4.79 Å². The molecule has 0 atom stereocenters. The van der Waals surface area contributed by atoms with Crippen LogP contribution in [0.15, 0.2) is 54.9 Å². The molecule has 1 aliphatic heterocycles. The van der Waals surface area contributed by atoms with E-state index in [2.05, 4.69) is 15.2 Å². The van der Waals surface area contributed by atoms with Gasteiger partial charge >= 0.3 is 0 Å². The van der Waals surface area contributed by atoms with E-state index in [-0.39, 0.29) is 11.9 Å². The first-order valence-electron chi connectivity index (χ1n) is 8.84. The third-order valence-corrected chi connectivity index (χ3v) is 4.56. The zero-order chi connectivity index (χ0) is 19.1. The quantitative estimate of drug-likeness (QED) is 0.427. The number of carbonyl (C=O) groups is 2. The number of aromatic nitrogens is 1. The number of amides is 2. The van der Waals surface area contributed by atoms with Gasteiger partial charge < -0.3 is 10.2 Å². The van der Waals surface area contributed by atoms with Gasteiger partial charge in [0.05, 0.1) is 5.56 Å². The minimum atomic E-state index is -0.568. The molecule has 3 N–H and O–H groups in total. The van der Waals surface area contributed by atoms with Crippen molar-refractivity contribution in [3.8, 4) is 0 Å². The average Bonchev–Trinajstić information content (AvgIpc) is 2.73. The van der Waals surface area contributed by atoms with Gasteiger partial charge in [0.2, 0.25) is 0 Å². The monoisotopic (exact) mass is 366 g/mol. The smallest absolute Gasteiger partial charge is 0.267 e. The molecule has 0 saturated carbocycles. The third kappa shape index (κ3) is 4.92. The van der Waals surface area contributed by atoms with Crippen molar-refractivity contribution in [1.82, 2.24) is 15.8 Å². The summed E-state index contributed by atoms with van der Waals surface area (Å²) in [5.74, 6) is -0.665. The molecule has 2 aromatic rings. The van der Waals surface area contributed by atoms with Crippen molar-refractivity contribution in [3.05, 3.63) is 66.0 Å². The molecule has 0 unspecified atom stereocenters. The van der Waals surface area contributed by atoms with E-state index in [1.54, 1.807) is 36.1 Å². The molecular formula is C20H22N4O3. The third-order valence-electron chi connectivity index (χ3n) is 4.56. The number of hydrogen-bond acceptors (Lipinski definition) is 5. The van der Waals surface area contributed by atoms with Gasteiger partial charge in [0, 0.05) is 43.3 Å². The lowest BCUT2D eigenvalue weighted by Crippen LogP contribution is -2.44. The standard InChI is InChI=1S/C20H22N4O3/c25-19(23-27)8-7-15-4-1-2-6-18(15)24-12-9-17(10-13-24)22-20(26)16-5-3-11-21-14-16/h1-8,11,14,17,27H,9-10,12-13H2,(H,22,26)(H,23,25). The summed E-state index contributed by atoms with van der Waals surface area (Å²) in [6, 6.07) is 11.4. The maximum Gasteiger partial charge on any atom is 0.267 e. The maximum atomic E-state index is 12.3.